The van der Waals surface area contributed by atoms with Crippen LogP contribution in [0.2, 0.25) is 0 Å². The van der Waals surface area contributed by atoms with Crippen LogP contribution in [0.1, 0.15) is 29.8 Å². The van der Waals surface area contributed by atoms with E-state index in [1.54, 1.807) is 18.2 Å². The molecule has 2 aromatic rings. The quantitative estimate of drug-likeness (QED) is 0.604. The molecule has 190 valence electrons. The maximum absolute atomic E-state index is 13.1. The van der Waals surface area contributed by atoms with Gasteiger partial charge in [0.2, 0.25) is 11.9 Å². The Labute approximate surface area is 207 Å². The van der Waals surface area contributed by atoms with Crippen molar-refractivity contribution in [3.63, 3.8) is 0 Å². The molecule has 0 bridgehead atoms. The molecule has 0 unspecified atom stereocenters. The van der Waals surface area contributed by atoms with E-state index in [4.69, 9.17) is 0 Å². The molecule has 1 aliphatic carbocycles. The summed E-state index contributed by atoms with van der Waals surface area (Å²) in [6.07, 6.45) is 3.21. The first-order chi connectivity index (χ1) is 17.4. The lowest BCUT2D eigenvalue weighted by atomic mass is 10.1. The zero-order valence-electron chi connectivity index (χ0n) is 19.7. The fourth-order valence-electron chi connectivity index (χ4n) is 4.29. The van der Waals surface area contributed by atoms with Crippen LogP contribution in [0.5, 0.6) is 0 Å². The minimum atomic E-state index is -4.41. The molecule has 2 aliphatic heterocycles. The number of aliphatic hydroxyl groups is 1. The Bertz CT molecular complexity index is 1180. The van der Waals surface area contributed by atoms with Crippen LogP contribution < -0.4 is 10.2 Å². The average Bonchev–Trinajstić information content (AvgIpc) is 3.62. The Balaban J connectivity index is 1.38. The first-order valence-electron chi connectivity index (χ1n) is 12.1. The van der Waals surface area contributed by atoms with Crippen LogP contribution in [0.3, 0.4) is 0 Å². The fourth-order valence-corrected chi connectivity index (χ4v) is 4.29. The Morgan fingerprint density at radius 2 is 1.86 bits per heavy atom. The molecule has 1 saturated heterocycles. The van der Waals surface area contributed by atoms with Gasteiger partial charge in [-0.05, 0) is 54.2 Å². The van der Waals surface area contributed by atoms with Gasteiger partial charge in [-0.3, -0.25) is 9.89 Å². The monoisotopic (exact) mass is 499 g/mol. The average molecular weight is 500 g/mol. The molecule has 36 heavy (non-hydrogen) atoms. The summed E-state index contributed by atoms with van der Waals surface area (Å²) in [4.78, 5) is 22.4. The predicted molar refractivity (Wildman–Crippen MR) is 133 cm³/mol. The van der Waals surface area contributed by atoms with Crippen molar-refractivity contribution in [1.29, 1.82) is 0 Å². The molecule has 0 amide bonds. The number of hydrogen-bond donors (Lipinski definition) is 2. The van der Waals surface area contributed by atoms with Crippen molar-refractivity contribution in [2.75, 3.05) is 56.1 Å². The van der Waals surface area contributed by atoms with E-state index in [0.29, 0.717) is 61.2 Å². The van der Waals surface area contributed by atoms with Gasteiger partial charge >= 0.3 is 6.18 Å². The van der Waals surface area contributed by atoms with E-state index in [9.17, 15) is 18.3 Å². The summed E-state index contributed by atoms with van der Waals surface area (Å²) < 4.78 is 39.3. The van der Waals surface area contributed by atoms with Crippen LogP contribution in [-0.2, 0) is 6.18 Å². The number of benzene rings is 1. The maximum atomic E-state index is 13.1. The first kappa shape index (κ1) is 24.4. The summed E-state index contributed by atoms with van der Waals surface area (Å²) in [5.74, 6) is 2.50. The van der Waals surface area contributed by atoms with E-state index in [-0.39, 0.29) is 6.61 Å². The molecule has 1 aromatic heterocycles. The van der Waals surface area contributed by atoms with Gasteiger partial charge in [0, 0.05) is 32.7 Å². The lowest BCUT2D eigenvalue weighted by Crippen LogP contribution is -2.47. The van der Waals surface area contributed by atoms with E-state index in [1.165, 1.54) is 24.5 Å². The van der Waals surface area contributed by atoms with Gasteiger partial charge < -0.3 is 15.3 Å². The number of aliphatic hydroxyl groups excluding tert-OH is 1. The third-order valence-corrected chi connectivity index (χ3v) is 6.45. The second kappa shape index (κ2) is 10.4. The third-order valence-electron chi connectivity index (χ3n) is 6.45. The van der Waals surface area contributed by atoms with Crippen molar-refractivity contribution in [1.82, 2.24) is 19.9 Å². The van der Waals surface area contributed by atoms with Gasteiger partial charge in [-0.1, -0.05) is 18.2 Å². The van der Waals surface area contributed by atoms with Crippen LogP contribution in [-0.4, -0.2) is 76.7 Å². The summed E-state index contributed by atoms with van der Waals surface area (Å²) in [7, 11) is 0. The van der Waals surface area contributed by atoms with Crippen LogP contribution >= 0.6 is 0 Å². The number of hydrogen-bond acceptors (Lipinski definition) is 8. The molecule has 2 N–H and O–H groups in total. The Morgan fingerprint density at radius 1 is 1.06 bits per heavy atom. The van der Waals surface area contributed by atoms with Gasteiger partial charge in [-0.15, -0.1) is 0 Å². The molecule has 0 radical (unpaired) electrons. The van der Waals surface area contributed by atoms with Crippen LogP contribution in [0.15, 0.2) is 40.9 Å². The molecule has 0 atom stereocenters. The van der Waals surface area contributed by atoms with Crippen molar-refractivity contribution in [3.05, 3.63) is 52.9 Å². The fraction of sp³-hybridized carbons (Fsp3) is 0.440. The third kappa shape index (κ3) is 6.08. The topological polar surface area (TPSA) is 89.8 Å². The Morgan fingerprint density at radius 3 is 2.58 bits per heavy atom. The molecule has 1 saturated carbocycles. The normalized spacial score (nSPS) is 19.1. The summed E-state index contributed by atoms with van der Waals surface area (Å²) >= 11 is 0. The SMILES string of the molecule is OCCN1CCN(c2nc(/C=C/c3cccc(C(F)(F)F)c3)nc(NC3=NCC(C4CC4)=C3)n2)CC1. The Kier molecular flexibility index (Phi) is 7.01. The zero-order valence-corrected chi connectivity index (χ0v) is 19.7. The minimum absolute atomic E-state index is 0.114. The molecule has 0 spiro atoms. The van der Waals surface area contributed by atoms with Crippen molar-refractivity contribution in [3.8, 4) is 0 Å². The number of aromatic nitrogens is 3. The van der Waals surface area contributed by atoms with Gasteiger partial charge in [0.1, 0.15) is 5.84 Å². The number of aliphatic imine (C=N–C) groups is 1. The van der Waals surface area contributed by atoms with E-state index in [2.05, 4.69) is 30.2 Å². The van der Waals surface area contributed by atoms with Crippen LogP contribution in [0.4, 0.5) is 25.1 Å². The number of alkyl halides is 3. The number of nitrogens with zero attached hydrogens (tertiary/aromatic N) is 6. The summed E-state index contributed by atoms with van der Waals surface area (Å²) in [5.41, 5.74) is 1.01. The number of piperazine rings is 1. The van der Waals surface area contributed by atoms with Crippen molar-refractivity contribution in [2.45, 2.75) is 19.0 Å². The van der Waals surface area contributed by atoms with Gasteiger partial charge in [-0.2, -0.15) is 28.1 Å². The van der Waals surface area contributed by atoms with Crippen molar-refractivity contribution < 1.29 is 18.3 Å². The standard InChI is InChI=1S/C25H28F3N7O/c26-25(27,28)20-3-1-2-17(14-20)4-7-21-30-23(31-22-15-19(16-29-22)18-5-6-18)33-24(32-21)35-10-8-34(9-11-35)12-13-36/h1-4,7,14-15,18,36H,5-6,8-13,16H2,(H,29,30,31,32,33)/b7-4+. The Hall–Kier alpha value is -3.31. The number of nitrogens with one attached hydrogen (secondary N) is 1. The number of anilines is 2. The van der Waals surface area contributed by atoms with Gasteiger partial charge in [0.15, 0.2) is 5.82 Å². The molecule has 11 heteroatoms. The first-order valence-corrected chi connectivity index (χ1v) is 12.1. The van der Waals surface area contributed by atoms with Gasteiger partial charge in [-0.25, -0.2) is 0 Å². The molecule has 3 heterocycles. The second-order valence-electron chi connectivity index (χ2n) is 9.15. The smallest absolute Gasteiger partial charge is 0.395 e. The van der Waals surface area contributed by atoms with Crippen molar-refractivity contribution in [2.24, 2.45) is 10.9 Å². The van der Waals surface area contributed by atoms with Crippen LogP contribution in [0.25, 0.3) is 12.2 Å². The summed E-state index contributed by atoms with van der Waals surface area (Å²) in [6.45, 7) is 4.33. The number of halogens is 3. The highest BCUT2D eigenvalue weighted by molar-refractivity contribution is 6.05. The van der Waals surface area contributed by atoms with E-state index >= 15 is 0 Å². The van der Waals surface area contributed by atoms with E-state index < -0.39 is 11.7 Å². The number of β-amino-alcohol motifs (C(OH)–C–C–N with tert-alkyl or cyclic N) is 1. The van der Waals surface area contributed by atoms with Crippen molar-refractivity contribution >= 4 is 29.9 Å². The second-order valence-corrected chi connectivity index (χ2v) is 9.15. The molecule has 1 aromatic carbocycles. The van der Waals surface area contributed by atoms with Gasteiger partial charge in [0.05, 0.1) is 18.7 Å². The number of amidine groups is 1. The molecule has 5 rings (SSSR count). The minimum Gasteiger partial charge on any atom is -0.395 e. The lowest BCUT2D eigenvalue weighted by molar-refractivity contribution is -0.137. The van der Waals surface area contributed by atoms with Crippen LogP contribution in [0, 0.1) is 5.92 Å². The highest BCUT2D eigenvalue weighted by Crippen LogP contribution is 2.37. The largest absolute Gasteiger partial charge is 0.416 e. The summed E-state index contributed by atoms with van der Waals surface area (Å²) in [6, 6.07) is 5.12. The highest BCUT2D eigenvalue weighted by atomic mass is 19.4. The summed E-state index contributed by atoms with van der Waals surface area (Å²) in [5, 5.41) is 12.4. The lowest BCUT2D eigenvalue weighted by Gasteiger charge is -2.34. The predicted octanol–water partition coefficient (Wildman–Crippen LogP) is 3.34. The van der Waals surface area contributed by atoms with E-state index in [1.807, 2.05) is 11.0 Å². The molecule has 2 fully saturated rings. The highest BCUT2D eigenvalue weighted by Gasteiger charge is 2.30. The molecular formula is C25H28F3N7O. The number of rotatable bonds is 7. The molecule has 3 aliphatic rings. The van der Waals surface area contributed by atoms with Gasteiger partial charge in [0.25, 0.3) is 0 Å². The maximum Gasteiger partial charge on any atom is 0.416 e. The van der Waals surface area contributed by atoms with E-state index in [0.717, 1.165) is 25.2 Å². The molecular weight excluding hydrogens is 471 g/mol. The zero-order chi connectivity index (χ0) is 25.1. The molecule has 8 nitrogen and oxygen atoms in total.